The van der Waals surface area contributed by atoms with Gasteiger partial charge in [0, 0.05) is 42.3 Å². The Morgan fingerprint density at radius 1 is 1.18 bits per heavy atom. The average Bonchev–Trinajstić information content (AvgIpc) is 2.41. The Morgan fingerprint density at radius 3 is 2.32 bits per heavy atom. The van der Waals surface area contributed by atoms with Crippen LogP contribution < -0.4 is 5.32 Å². The molecule has 0 bridgehead atoms. The predicted molar refractivity (Wildman–Crippen MR) is 105 cm³/mol. The Bertz CT molecular complexity index is 469. The van der Waals surface area contributed by atoms with Gasteiger partial charge < -0.3 is 10.4 Å². The molecule has 0 aliphatic carbocycles. The van der Waals surface area contributed by atoms with Crippen molar-refractivity contribution in [3.63, 3.8) is 0 Å². The molecule has 0 unspecified atom stereocenters. The minimum absolute atomic E-state index is 0. The Morgan fingerprint density at radius 2 is 1.77 bits per heavy atom. The molecule has 0 saturated carbocycles. The second kappa shape index (κ2) is 10.4. The molecule has 7 heteroatoms. The summed E-state index contributed by atoms with van der Waals surface area (Å²) in [6, 6.07) is 4.21. The summed E-state index contributed by atoms with van der Waals surface area (Å²) in [5.74, 6) is 0.962. The van der Waals surface area contributed by atoms with E-state index >= 15 is 0 Å². The van der Waals surface area contributed by atoms with Crippen molar-refractivity contribution in [2.45, 2.75) is 26.3 Å². The number of aromatic hydroxyl groups is 1. The van der Waals surface area contributed by atoms with E-state index in [2.05, 4.69) is 62.0 Å². The molecule has 22 heavy (non-hydrogen) atoms. The van der Waals surface area contributed by atoms with Crippen molar-refractivity contribution in [3.05, 3.63) is 26.6 Å². The van der Waals surface area contributed by atoms with Gasteiger partial charge >= 0.3 is 0 Å². The molecular weight excluding hydrogens is 455 g/mol. The zero-order valence-corrected chi connectivity index (χ0v) is 17.6. The zero-order valence-electron chi connectivity index (χ0n) is 12.8. The van der Waals surface area contributed by atoms with Crippen LogP contribution >= 0.6 is 56.7 Å². The Kier molecular flexibility index (Phi) is 10.6. The third-order valence-corrected chi connectivity index (χ3v) is 4.77. The van der Waals surface area contributed by atoms with Crippen LogP contribution in [0.15, 0.2) is 21.1 Å². The molecule has 2 rings (SSSR count). The van der Waals surface area contributed by atoms with Crippen molar-refractivity contribution >= 4 is 56.7 Å². The predicted octanol–water partition coefficient (Wildman–Crippen LogP) is 4.75. The van der Waals surface area contributed by atoms with Crippen molar-refractivity contribution in [3.8, 4) is 5.75 Å². The maximum absolute atomic E-state index is 10.4. The van der Waals surface area contributed by atoms with Crippen LogP contribution in [0.4, 0.5) is 0 Å². The molecule has 1 heterocycles. The van der Waals surface area contributed by atoms with E-state index < -0.39 is 0 Å². The summed E-state index contributed by atoms with van der Waals surface area (Å²) in [6.07, 6.45) is 1.05. The number of nitrogens with one attached hydrogen (secondary N) is 1. The third kappa shape index (κ3) is 5.84. The number of halogens is 4. The molecule has 3 nitrogen and oxygen atoms in total. The standard InChI is InChI=1S/C15H22Br2N2O.2ClH/c1-10(2)7-14(19-5-3-18-4-6-19)12-8-11(16)9-13(17)15(12)20;;/h8-10,14,18,20H,3-7H2,1-2H3;2*1H/t14-;;/m1../s1. The van der Waals surface area contributed by atoms with Gasteiger partial charge in [-0.05, 0) is 40.4 Å². The zero-order chi connectivity index (χ0) is 14.7. The van der Waals surface area contributed by atoms with Gasteiger partial charge in [-0.1, -0.05) is 29.8 Å². The normalized spacial score (nSPS) is 16.8. The monoisotopic (exact) mass is 476 g/mol. The first-order valence-corrected chi connectivity index (χ1v) is 8.70. The maximum atomic E-state index is 10.4. The second-order valence-corrected chi connectivity index (χ2v) is 7.53. The molecule has 1 aromatic carbocycles. The SMILES string of the molecule is CC(C)C[C@H](c1cc(Br)cc(Br)c1O)N1CCNCC1.Cl.Cl. The van der Waals surface area contributed by atoms with Crippen LogP contribution in [-0.2, 0) is 0 Å². The van der Waals surface area contributed by atoms with Gasteiger partial charge in [0.1, 0.15) is 5.75 Å². The molecular formula is C15H24Br2Cl2N2O. The van der Waals surface area contributed by atoms with E-state index in [1.165, 1.54) is 0 Å². The van der Waals surface area contributed by atoms with E-state index in [4.69, 9.17) is 0 Å². The van der Waals surface area contributed by atoms with Gasteiger partial charge in [0.15, 0.2) is 0 Å². The van der Waals surface area contributed by atoms with E-state index in [1.807, 2.05) is 6.07 Å². The summed E-state index contributed by atoms with van der Waals surface area (Å²) in [4.78, 5) is 2.48. The van der Waals surface area contributed by atoms with Crippen LogP contribution in [0.1, 0.15) is 31.9 Å². The number of nitrogens with zero attached hydrogens (tertiary/aromatic N) is 1. The van der Waals surface area contributed by atoms with E-state index in [-0.39, 0.29) is 30.9 Å². The molecule has 1 aromatic rings. The number of benzene rings is 1. The minimum atomic E-state index is 0. The van der Waals surface area contributed by atoms with Gasteiger partial charge in [-0.15, -0.1) is 24.8 Å². The molecule has 2 N–H and O–H groups in total. The van der Waals surface area contributed by atoms with Crippen molar-refractivity contribution < 1.29 is 5.11 Å². The van der Waals surface area contributed by atoms with Crippen LogP contribution in [0.3, 0.4) is 0 Å². The first-order chi connectivity index (χ1) is 9.49. The molecule has 1 aliphatic heterocycles. The van der Waals surface area contributed by atoms with Gasteiger partial charge in [-0.2, -0.15) is 0 Å². The van der Waals surface area contributed by atoms with Crippen molar-refractivity contribution in [2.24, 2.45) is 5.92 Å². The molecule has 1 fully saturated rings. The molecule has 1 aliphatic rings. The van der Waals surface area contributed by atoms with Gasteiger partial charge in [0.25, 0.3) is 0 Å². The largest absolute Gasteiger partial charge is 0.506 e. The molecule has 0 radical (unpaired) electrons. The number of hydrogen-bond donors (Lipinski definition) is 2. The molecule has 0 amide bonds. The lowest BCUT2D eigenvalue weighted by atomic mass is 9.94. The minimum Gasteiger partial charge on any atom is -0.506 e. The number of piperazine rings is 1. The number of phenols is 1. The highest BCUT2D eigenvalue weighted by Gasteiger charge is 2.26. The first kappa shape index (κ1) is 22.5. The number of rotatable bonds is 4. The van der Waals surface area contributed by atoms with Crippen LogP contribution in [-0.4, -0.2) is 36.2 Å². The molecule has 0 spiro atoms. The van der Waals surface area contributed by atoms with Crippen LogP contribution in [0, 0.1) is 5.92 Å². The Hall–Kier alpha value is 0.480. The summed E-state index contributed by atoms with van der Waals surface area (Å²) >= 11 is 6.98. The van der Waals surface area contributed by atoms with Crippen LogP contribution in [0.25, 0.3) is 0 Å². The smallest absolute Gasteiger partial charge is 0.134 e. The lowest BCUT2D eigenvalue weighted by Crippen LogP contribution is -2.45. The van der Waals surface area contributed by atoms with Gasteiger partial charge in [0.05, 0.1) is 4.47 Å². The fourth-order valence-corrected chi connectivity index (χ4v) is 4.01. The fourth-order valence-electron chi connectivity index (χ4n) is 2.75. The van der Waals surface area contributed by atoms with Gasteiger partial charge in [-0.3, -0.25) is 4.90 Å². The molecule has 128 valence electrons. The first-order valence-electron chi connectivity index (χ1n) is 7.11. The van der Waals surface area contributed by atoms with E-state index in [9.17, 15) is 5.11 Å². The third-order valence-electron chi connectivity index (χ3n) is 3.70. The number of phenolic OH excluding ortho intramolecular Hbond substituents is 1. The van der Waals surface area contributed by atoms with E-state index in [0.29, 0.717) is 11.7 Å². The Balaban J connectivity index is 0.00000220. The van der Waals surface area contributed by atoms with E-state index in [1.54, 1.807) is 0 Å². The van der Waals surface area contributed by atoms with Crippen molar-refractivity contribution in [1.82, 2.24) is 10.2 Å². The molecule has 1 atom stereocenters. The quantitative estimate of drug-likeness (QED) is 0.655. The second-order valence-electron chi connectivity index (χ2n) is 5.76. The van der Waals surface area contributed by atoms with Crippen LogP contribution in [0.2, 0.25) is 0 Å². The summed E-state index contributed by atoms with van der Waals surface area (Å²) in [7, 11) is 0. The molecule has 0 aromatic heterocycles. The van der Waals surface area contributed by atoms with Gasteiger partial charge in [0.2, 0.25) is 0 Å². The molecule has 1 saturated heterocycles. The summed E-state index contributed by atoms with van der Waals surface area (Å²) in [6.45, 7) is 8.57. The van der Waals surface area contributed by atoms with Crippen molar-refractivity contribution in [2.75, 3.05) is 26.2 Å². The Labute approximate surface area is 162 Å². The van der Waals surface area contributed by atoms with Gasteiger partial charge in [-0.25, -0.2) is 0 Å². The van der Waals surface area contributed by atoms with Crippen molar-refractivity contribution in [1.29, 1.82) is 0 Å². The topological polar surface area (TPSA) is 35.5 Å². The number of hydrogen-bond acceptors (Lipinski definition) is 3. The lowest BCUT2D eigenvalue weighted by Gasteiger charge is -2.36. The average molecular weight is 479 g/mol. The maximum Gasteiger partial charge on any atom is 0.134 e. The van der Waals surface area contributed by atoms with Crippen LogP contribution in [0.5, 0.6) is 5.75 Å². The van der Waals surface area contributed by atoms with E-state index in [0.717, 1.165) is 47.1 Å². The highest BCUT2D eigenvalue weighted by molar-refractivity contribution is 9.11. The summed E-state index contributed by atoms with van der Waals surface area (Å²) in [5, 5.41) is 13.8. The summed E-state index contributed by atoms with van der Waals surface area (Å²) in [5.41, 5.74) is 1.02. The highest BCUT2D eigenvalue weighted by atomic mass is 79.9. The summed E-state index contributed by atoms with van der Waals surface area (Å²) < 4.78 is 1.76. The fraction of sp³-hybridized carbons (Fsp3) is 0.600. The highest BCUT2D eigenvalue weighted by Crippen LogP contribution is 2.39. The lowest BCUT2D eigenvalue weighted by molar-refractivity contribution is 0.151.